The number of nitrogens with zero attached hydrogens (tertiary/aromatic N) is 2. The van der Waals surface area contributed by atoms with Crippen LogP contribution in [0.15, 0.2) is 70.0 Å². The van der Waals surface area contributed by atoms with Crippen molar-refractivity contribution in [3.63, 3.8) is 0 Å². The van der Waals surface area contributed by atoms with Crippen LogP contribution in [-0.2, 0) is 4.79 Å². The zero-order chi connectivity index (χ0) is 20.5. The van der Waals surface area contributed by atoms with E-state index in [2.05, 4.69) is 0 Å². The molecule has 0 saturated carbocycles. The van der Waals surface area contributed by atoms with Gasteiger partial charge in [0.25, 0.3) is 11.6 Å². The van der Waals surface area contributed by atoms with Crippen molar-refractivity contribution in [3.8, 4) is 11.3 Å². The van der Waals surface area contributed by atoms with Crippen LogP contribution >= 0.6 is 35.6 Å². The van der Waals surface area contributed by atoms with Crippen LogP contribution in [0.5, 0.6) is 0 Å². The highest BCUT2D eigenvalue weighted by Crippen LogP contribution is 2.38. The van der Waals surface area contributed by atoms with Gasteiger partial charge in [-0.05, 0) is 36.4 Å². The Kier molecular flexibility index (Phi) is 5.23. The summed E-state index contributed by atoms with van der Waals surface area (Å²) >= 11 is 12.5. The highest BCUT2D eigenvalue weighted by Gasteiger charge is 2.33. The maximum absolute atomic E-state index is 12.8. The molecule has 1 saturated heterocycles. The molecule has 1 aliphatic heterocycles. The molecule has 0 atom stereocenters. The van der Waals surface area contributed by atoms with Crippen LogP contribution in [0.3, 0.4) is 0 Å². The molecule has 2 heterocycles. The number of nitro groups is 1. The third-order valence-electron chi connectivity index (χ3n) is 4.13. The minimum atomic E-state index is -0.465. The molecule has 0 N–H and O–H groups in total. The smallest absolute Gasteiger partial charge is 0.280 e. The number of anilines is 1. The minimum Gasteiger partial charge on any atom is -0.456 e. The molecule has 0 radical (unpaired) electrons. The van der Waals surface area contributed by atoms with Gasteiger partial charge in [0.05, 0.1) is 21.1 Å². The summed E-state index contributed by atoms with van der Waals surface area (Å²) in [4.78, 5) is 25.4. The Balaban J connectivity index is 1.64. The van der Waals surface area contributed by atoms with Crippen LogP contribution in [0.25, 0.3) is 17.4 Å². The number of para-hydroxylation sites is 1. The number of carbonyl (C=O) groups is 1. The SMILES string of the molecule is O=C1/C(=C/c2ccc(-c3ccccc3[N+](=O)[O-])o2)SC(=S)N1c1cccc(Cl)c1. The van der Waals surface area contributed by atoms with Gasteiger partial charge in [0.2, 0.25) is 0 Å². The number of nitro benzene ring substituents is 1. The molecule has 0 unspecified atom stereocenters. The molecule has 2 aromatic carbocycles. The molecule has 1 aliphatic rings. The van der Waals surface area contributed by atoms with Crippen molar-refractivity contribution in [1.82, 2.24) is 0 Å². The van der Waals surface area contributed by atoms with Crippen molar-refractivity contribution in [2.24, 2.45) is 0 Å². The van der Waals surface area contributed by atoms with E-state index in [-0.39, 0.29) is 11.6 Å². The molecule has 0 bridgehead atoms. The lowest BCUT2D eigenvalue weighted by Crippen LogP contribution is -2.27. The first-order chi connectivity index (χ1) is 13.9. The molecule has 1 amide bonds. The van der Waals surface area contributed by atoms with Gasteiger partial charge in [-0.3, -0.25) is 19.8 Å². The van der Waals surface area contributed by atoms with Crippen molar-refractivity contribution < 1.29 is 14.1 Å². The zero-order valence-electron chi connectivity index (χ0n) is 14.6. The first kappa shape index (κ1) is 19.4. The predicted molar refractivity (Wildman–Crippen MR) is 118 cm³/mol. The molecule has 4 rings (SSSR count). The molecule has 3 aromatic rings. The van der Waals surface area contributed by atoms with Gasteiger partial charge in [0.15, 0.2) is 4.32 Å². The van der Waals surface area contributed by atoms with Gasteiger partial charge >= 0.3 is 0 Å². The van der Waals surface area contributed by atoms with E-state index in [0.29, 0.717) is 37.0 Å². The number of amides is 1. The van der Waals surface area contributed by atoms with Crippen LogP contribution in [0.2, 0.25) is 5.02 Å². The summed E-state index contributed by atoms with van der Waals surface area (Å²) in [5, 5.41) is 11.7. The standard InChI is InChI=1S/C20H11ClN2O4S2/c21-12-4-3-5-13(10-12)22-19(24)18(29-20(22)28)11-14-8-9-17(27-14)15-6-1-2-7-16(15)23(25)26/h1-11H/b18-11-. The van der Waals surface area contributed by atoms with E-state index in [1.807, 2.05) is 0 Å². The maximum Gasteiger partial charge on any atom is 0.280 e. The fourth-order valence-corrected chi connectivity index (χ4v) is 4.31. The molecule has 1 aromatic heterocycles. The lowest BCUT2D eigenvalue weighted by Gasteiger charge is -2.14. The quantitative estimate of drug-likeness (QED) is 0.216. The fourth-order valence-electron chi connectivity index (χ4n) is 2.85. The number of benzene rings is 2. The summed E-state index contributed by atoms with van der Waals surface area (Å²) in [7, 11) is 0. The van der Waals surface area contributed by atoms with Gasteiger partial charge in [-0.15, -0.1) is 0 Å². The van der Waals surface area contributed by atoms with Crippen LogP contribution in [0.1, 0.15) is 5.76 Å². The molecule has 29 heavy (non-hydrogen) atoms. The highest BCUT2D eigenvalue weighted by molar-refractivity contribution is 8.27. The summed E-state index contributed by atoms with van der Waals surface area (Å²) in [6.07, 6.45) is 1.57. The van der Waals surface area contributed by atoms with Crippen LogP contribution in [0, 0.1) is 10.1 Å². The maximum atomic E-state index is 12.8. The number of halogens is 1. The zero-order valence-corrected chi connectivity index (χ0v) is 17.0. The Labute approximate surface area is 179 Å². The fraction of sp³-hybridized carbons (Fsp3) is 0. The average molecular weight is 443 g/mol. The predicted octanol–water partition coefficient (Wildman–Crippen LogP) is 5.91. The van der Waals surface area contributed by atoms with E-state index in [1.165, 1.54) is 11.0 Å². The molecule has 6 nitrogen and oxygen atoms in total. The van der Waals surface area contributed by atoms with E-state index >= 15 is 0 Å². The monoisotopic (exact) mass is 442 g/mol. The molecule has 1 fully saturated rings. The minimum absolute atomic E-state index is 0.0549. The summed E-state index contributed by atoms with van der Waals surface area (Å²) in [5.74, 6) is 0.449. The number of carbonyl (C=O) groups excluding carboxylic acids is 1. The summed E-state index contributed by atoms with van der Waals surface area (Å²) < 4.78 is 6.12. The van der Waals surface area contributed by atoms with Crippen molar-refractivity contribution in [3.05, 3.63) is 86.5 Å². The summed E-state index contributed by atoms with van der Waals surface area (Å²) in [5.41, 5.74) is 0.896. The number of rotatable bonds is 4. The lowest BCUT2D eigenvalue weighted by molar-refractivity contribution is -0.384. The summed E-state index contributed by atoms with van der Waals surface area (Å²) in [6, 6.07) is 16.5. The number of hydrogen-bond donors (Lipinski definition) is 0. The molecular formula is C20H11ClN2O4S2. The normalized spacial score (nSPS) is 15.3. The summed E-state index contributed by atoms with van der Waals surface area (Å²) in [6.45, 7) is 0. The molecule has 0 aliphatic carbocycles. The lowest BCUT2D eigenvalue weighted by atomic mass is 10.1. The number of thioether (sulfide) groups is 1. The van der Waals surface area contributed by atoms with Gasteiger partial charge in [0.1, 0.15) is 11.5 Å². The van der Waals surface area contributed by atoms with Gasteiger partial charge in [-0.1, -0.05) is 53.8 Å². The van der Waals surface area contributed by atoms with Crippen LogP contribution in [0.4, 0.5) is 11.4 Å². The van der Waals surface area contributed by atoms with E-state index in [9.17, 15) is 14.9 Å². The van der Waals surface area contributed by atoms with Crippen molar-refractivity contribution in [2.75, 3.05) is 4.90 Å². The molecule has 0 spiro atoms. The highest BCUT2D eigenvalue weighted by atomic mass is 35.5. The first-order valence-corrected chi connectivity index (χ1v) is 9.91. The topological polar surface area (TPSA) is 76.6 Å². The van der Waals surface area contributed by atoms with Crippen molar-refractivity contribution in [2.45, 2.75) is 0 Å². The van der Waals surface area contributed by atoms with Gasteiger partial charge < -0.3 is 4.42 Å². The molecule has 144 valence electrons. The van der Waals surface area contributed by atoms with E-state index < -0.39 is 4.92 Å². The Bertz CT molecular complexity index is 1190. The third kappa shape index (κ3) is 3.82. The van der Waals surface area contributed by atoms with Crippen molar-refractivity contribution in [1.29, 1.82) is 0 Å². The third-order valence-corrected chi connectivity index (χ3v) is 5.66. The van der Waals surface area contributed by atoms with E-state index in [0.717, 1.165) is 11.8 Å². The van der Waals surface area contributed by atoms with Gasteiger partial charge in [-0.2, -0.15) is 0 Å². The van der Waals surface area contributed by atoms with E-state index in [4.69, 9.17) is 28.2 Å². The van der Waals surface area contributed by atoms with E-state index in [1.54, 1.807) is 60.7 Å². The second-order valence-electron chi connectivity index (χ2n) is 5.97. The van der Waals surface area contributed by atoms with Crippen molar-refractivity contribution >= 4 is 63.3 Å². The molecular weight excluding hydrogens is 432 g/mol. The van der Waals surface area contributed by atoms with Crippen LogP contribution in [-0.4, -0.2) is 15.2 Å². The average Bonchev–Trinajstić information content (AvgIpc) is 3.26. The van der Waals surface area contributed by atoms with Crippen LogP contribution < -0.4 is 4.90 Å². The Hall–Kier alpha value is -2.94. The number of furan rings is 1. The second-order valence-corrected chi connectivity index (χ2v) is 8.09. The second kappa shape index (κ2) is 7.82. The Morgan fingerprint density at radius 3 is 2.69 bits per heavy atom. The largest absolute Gasteiger partial charge is 0.456 e. The first-order valence-electron chi connectivity index (χ1n) is 8.31. The number of hydrogen-bond acceptors (Lipinski definition) is 6. The number of thiocarbonyl (C=S) groups is 1. The Morgan fingerprint density at radius 1 is 1.14 bits per heavy atom. The Morgan fingerprint density at radius 2 is 1.93 bits per heavy atom. The van der Waals surface area contributed by atoms with Gasteiger partial charge in [-0.25, -0.2) is 0 Å². The van der Waals surface area contributed by atoms with Gasteiger partial charge in [0, 0.05) is 17.2 Å². The molecule has 9 heteroatoms.